The molecule has 0 N–H and O–H groups in total. The summed E-state index contributed by atoms with van der Waals surface area (Å²) >= 11 is 7.10. The van der Waals surface area contributed by atoms with E-state index in [1.54, 1.807) is 0 Å². The summed E-state index contributed by atoms with van der Waals surface area (Å²) in [6, 6.07) is 4.80. The normalized spacial score (nSPS) is 21.2. The Bertz CT molecular complexity index is 368. The lowest BCUT2D eigenvalue weighted by molar-refractivity contribution is 0.487. The van der Waals surface area contributed by atoms with Crippen LogP contribution < -0.4 is 4.90 Å². The molecule has 1 aliphatic rings. The lowest BCUT2D eigenvalue weighted by atomic mass is 10.0. The minimum atomic E-state index is 0.599. The van der Waals surface area contributed by atoms with Gasteiger partial charge in [-0.25, -0.2) is 4.98 Å². The molecule has 0 radical (unpaired) electrons. The Hall–Kier alpha value is -0.0900. The third-order valence-corrected chi connectivity index (χ3v) is 4.69. The minimum Gasteiger partial charge on any atom is -0.353 e. The first kappa shape index (κ1) is 12.4. The smallest absolute Gasteiger partial charge is 0.129 e. The van der Waals surface area contributed by atoms with Crippen LogP contribution in [-0.2, 0) is 0 Å². The highest BCUT2D eigenvalue weighted by Crippen LogP contribution is 2.26. The zero-order valence-electron chi connectivity index (χ0n) is 9.42. The Morgan fingerprint density at radius 3 is 2.94 bits per heavy atom. The van der Waals surface area contributed by atoms with Crippen molar-refractivity contribution in [3.63, 3.8) is 0 Å². The number of hydrogen-bond donors (Lipinski definition) is 0. The van der Waals surface area contributed by atoms with Gasteiger partial charge in [0.25, 0.3) is 0 Å². The van der Waals surface area contributed by atoms with Gasteiger partial charge >= 0.3 is 0 Å². The average molecular weight is 348 g/mol. The van der Waals surface area contributed by atoms with Crippen molar-refractivity contribution in [1.29, 1.82) is 0 Å². The van der Waals surface area contributed by atoms with Gasteiger partial charge in [0.2, 0.25) is 0 Å². The van der Waals surface area contributed by atoms with Gasteiger partial charge in [0.05, 0.1) is 5.69 Å². The Morgan fingerprint density at radius 1 is 1.44 bits per heavy atom. The summed E-state index contributed by atoms with van der Waals surface area (Å²) in [5.74, 6) is 1.12. The lowest BCUT2D eigenvalue weighted by Gasteiger charge is -2.35. The molecule has 0 bridgehead atoms. The summed E-state index contributed by atoms with van der Waals surface area (Å²) in [5.41, 5.74) is 1.07. The fourth-order valence-corrected chi connectivity index (χ4v) is 3.05. The van der Waals surface area contributed by atoms with E-state index < -0.39 is 0 Å². The number of rotatable bonds is 2. The number of piperidine rings is 1. The quantitative estimate of drug-likeness (QED) is 0.754. The zero-order chi connectivity index (χ0) is 11.5. The molecular formula is C12H16Br2N2. The van der Waals surface area contributed by atoms with E-state index in [0.717, 1.165) is 27.9 Å². The van der Waals surface area contributed by atoms with Gasteiger partial charge in [-0.2, -0.15) is 0 Å². The molecule has 1 atom stereocenters. The van der Waals surface area contributed by atoms with Crippen molar-refractivity contribution in [3.8, 4) is 0 Å². The standard InChI is InChI=1S/C12H16Br2N2/c1-9-11(14)5-6-12(15-9)16-7-3-2-4-10(16)8-13/h5-6,10H,2-4,7-8H2,1H3. The molecule has 4 heteroatoms. The third kappa shape index (κ3) is 2.59. The Labute approximate surface area is 114 Å². The molecule has 2 nitrogen and oxygen atoms in total. The molecule has 2 heterocycles. The Balaban J connectivity index is 2.23. The van der Waals surface area contributed by atoms with E-state index in [4.69, 9.17) is 0 Å². The average Bonchev–Trinajstić information content (AvgIpc) is 2.32. The van der Waals surface area contributed by atoms with Gasteiger partial charge < -0.3 is 4.90 Å². The highest BCUT2D eigenvalue weighted by atomic mass is 79.9. The number of halogens is 2. The van der Waals surface area contributed by atoms with E-state index in [9.17, 15) is 0 Å². The second-order valence-corrected chi connectivity index (χ2v) is 5.74. The van der Waals surface area contributed by atoms with Crippen molar-refractivity contribution >= 4 is 37.7 Å². The molecule has 2 rings (SSSR count). The summed E-state index contributed by atoms with van der Waals surface area (Å²) in [6.45, 7) is 3.17. The molecule has 0 aromatic carbocycles. The van der Waals surface area contributed by atoms with E-state index >= 15 is 0 Å². The van der Waals surface area contributed by atoms with Crippen LogP contribution in [0.3, 0.4) is 0 Å². The molecular weight excluding hydrogens is 332 g/mol. The zero-order valence-corrected chi connectivity index (χ0v) is 12.6. The third-order valence-electron chi connectivity index (χ3n) is 3.11. The van der Waals surface area contributed by atoms with Crippen molar-refractivity contribution in [2.45, 2.75) is 32.2 Å². The van der Waals surface area contributed by atoms with Gasteiger partial charge in [0.1, 0.15) is 5.82 Å². The van der Waals surface area contributed by atoms with E-state index in [2.05, 4.69) is 53.9 Å². The highest BCUT2D eigenvalue weighted by molar-refractivity contribution is 9.10. The molecule has 0 spiro atoms. The maximum Gasteiger partial charge on any atom is 0.129 e. The number of anilines is 1. The van der Waals surface area contributed by atoms with Crippen LogP contribution in [0.15, 0.2) is 16.6 Å². The molecule has 0 aliphatic carbocycles. The number of aromatic nitrogens is 1. The van der Waals surface area contributed by atoms with Gasteiger partial charge in [-0.3, -0.25) is 0 Å². The van der Waals surface area contributed by atoms with Crippen molar-refractivity contribution in [2.24, 2.45) is 0 Å². The van der Waals surface area contributed by atoms with E-state index in [-0.39, 0.29) is 0 Å². The molecule has 1 unspecified atom stereocenters. The molecule has 88 valence electrons. The van der Waals surface area contributed by atoms with E-state index in [0.29, 0.717) is 6.04 Å². The van der Waals surface area contributed by atoms with Crippen molar-refractivity contribution in [3.05, 3.63) is 22.3 Å². The molecule has 1 saturated heterocycles. The lowest BCUT2D eigenvalue weighted by Crippen LogP contribution is -2.41. The molecule has 16 heavy (non-hydrogen) atoms. The van der Waals surface area contributed by atoms with Crippen LogP contribution in [0.25, 0.3) is 0 Å². The van der Waals surface area contributed by atoms with Gasteiger partial charge in [-0.05, 0) is 54.2 Å². The predicted molar refractivity (Wildman–Crippen MR) is 75.5 cm³/mol. The van der Waals surface area contributed by atoms with Crippen molar-refractivity contribution in [1.82, 2.24) is 4.98 Å². The van der Waals surface area contributed by atoms with Crippen LogP contribution in [0.5, 0.6) is 0 Å². The van der Waals surface area contributed by atoms with Crippen LogP contribution in [0.2, 0.25) is 0 Å². The van der Waals surface area contributed by atoms with Crippen molar-refractivity contribution in [2.75, 3.05) is 16.8 Å². The number of pyridine rings is 1. The monoisotopic (exact) mass is 346 g/mol. The molecule has 1 aliphatic heterocycles. The summed E-state index contributed by atoms with van der Waals surface area (Å²) in [5, 5.41) is 1.03. The molecule has 1 fully saturated rings. The second-order valence-electron chi connectivity index (χ2n) is 4.23. The predicted octanol–water partition coefficient (Wildman–Crippen LogP) is 3.91. The van der Waals surface area contributed by atoms with Gasteiger partial charge in [0.15, 0.2) is 0 Å². The highest BCUT2D eigenvalue weighted by Gasteiger charge is 2.22. The Kier molecular flexibility index (Phi) is 4.25. The first-order chi connectivity index (χ1) is 7.72. The van der Waals surface area contributed by atoms with E-state index in [1.165, 1.54) is 19.3 Å². The Morgan fingerprint density at radius 2 is 2.25 bits per heavy atom. The molecule has 1 aromatic rings. The van der Waals surface area contributed by atoms with E-state index in [1.807, 2.05) is 6.92 Å². The van der Waals surface area contributed by atoms with Crippen LogP contribution in [0, 0.1) is 6.92 Å². The number of alkyl halides is 1. The van der Waals surface area contributed by atoms with Gasteiger partial charge in [0, 0.05) is 22.4 Å². The maximum absolute atomic E-state index is 4.65. The molecule has 0 amide bonds. The summed E-state index contributed by atoms with van der Waals surface area (Å²) in [4.78, 5) is 7.08. The largest absolute Gasteiger partial charge is 0.353 e. The van der Waals surface area contributed by atoms with Crippen molar-refractivity contribution < 1.29 is 0 Å². The van der Waals surface area contributed by atoms with Crippen LogP contribution in [-0.4, -0.2) is 22.9 Å². The number of nitrogens with zero attached hydrogens (tertiary/aromatic N) is 2. The fraction of sp³-hybridized carbons (Fsp3) is 0.583. The topological polar surface area (TPSA) is 16.1 Å². The fourth-order valence-electron chi connectivity index (χ4n) is 2.15. The summed E-state index contributed by atoms with van der Waals surface area (Å²) < 4.78 is 1.09. The summed E-state index contributed by atoms with van der Waals surface area (Å²) in [6.07, 6.45) is 3.88. The van der Waals surface area contributed by atoms with Crippen LogP contribution >= 0.6 is 31.9 Å². The number of aryl methyl sites for hydroxylation is 1. The second kappa shape index (κ2) is 5.50. The molecule has 1 aromatic heterocycles. The SMILES string of the molecule is Cc1nc(N2CCCCC2CBr)ccc1Br. The van der Waals surface area contributed by atoms with Crippen LogP contribution in [0.1, 0.15) is 25.0 Å². The first-order valence-corrected chi connectivity index (χ1v) is 7.59. The van der Waals surface area contributed by atoms with Gasteiger partial charge in [-0.15, -0.1) is 0 Å². The van der Waals surface area contributed by atoms with Gasteiger partial charge in [-0.1, -0.05) is 15.9 Å². The first-order valence-electron chi connectivity index (χ1n) is 5.68. The molecule has 0 saturated carbocycles. The van der Waals surface area contributed by atoms with Crippen LogP contribution in [0.4, 0.5) is 5.82 Å². The minimum absolute atomic E-state index is 0.599. The summed E-state index contributed by atoms with van der Waals surface area (Å²) in [7, 11) is 0. The number of hydrogen-bond acceptors (Lipinski definition) is 2. The maximum atomic E-state index is 4.65.